The van der Waals surface area contributed by atoms with Gasteiger partial charge in [-0.3, -0.25) is 9.59 Å². The zero-order valence-corrected chi connectivity index (χ0v) is 19.5. The molecule has 10 heteroatoms. The molecule has 2 fully saturated rings. The third-order valence-corrected chi connectivity index (χ3v) is 6.46. The van der Waals surface area contributed by atoms with Crippen molar-refractivity contribution in [3.63, 3.8) is 0 Å². The molecule has 6 nitrogen and oxygen atoms in total. The van der Waals surface area contributed by atoms with Crippen LogP contribution in [-0.2, 0) is 9.59 Å². The van der Waals surface area contributed by atoms with E-state index in [4.69, 9.17) is 24.4 Å². The van der Waals surface area contributed by atoms with Gasteiger partial charge < -0.3 is 21.3 Å². The molecule has 148 valence electrons. The molecule has 0 aliphatic carbocycles. The third-order valence-electron chi connectivity index (χ3n) is 5.03. The van der Waals surface area contributed by atoms with Crippen molar-refractivity contribution in [2.45, 2.75) is 12.1 Å². The molecule has 4 rings (SSSR count). The van der Waals surface area contributed by atoms with Crippen molar-refractivity contribution >= 4 is 78.3 Å². The fraction of sp³-hybridized carbons (Fsp3) is 0.158. The minimum absolute atomic E-state index is 0.0141. The molecule has 1 spiro atoms. The summed E-state index contributed by atoms with van der Waals surface area (Å²) in [4.78, 5) is 26.9. The molecular weight excluding hydrogens is 540 g/mol. The van der Waals surface area contributed by atoms with Crippen LogP contribution in [-0.4, -0.2) is 22.0 Å². The lowest BCUT2D eigenvalue weighted by Crippen LogP contribution is -2.73. The lowest BCUT2D eigenvalue weighted by atomic mass is 9.66. The number of halogens is 2. The summed E-state index contributed by atoms with van der Waals surface area (Å²) in [6.07, 6.45) is 0. The van der Waals surface area contributed by atoms with Gasteiger partial charge in [-0.05, 0) is 59.8 Å². The third kappa shape index (κ3) is 3.48. The molecule has 2 aromatic carbocycles. The Morgan fingerprint density at radius 3 is 1.62 bits per heavy atom. The molecule has 2 aliphatic rings. The maximum absolute atomic E-state index is 13.4. The molecule has 2 aromatic rings. The second-order valence-electron chi connectivity index (χ2n) is 6.70. The Balaban J connectivity index is 1.96. The van der Waals surface area contributed by atoms with E-state index in [1.165, 1.54) is 0 Å². The van der Waals surface area contributed by atoms with E-state index >= 15 is 0 Å². The number of carbonyl (C=O) groups excluding carboxylic acids is 2. The van der Waals surface area contributed by atoms with Gasteiger partial charge in [0.15, 0.2) is 15.6 Å². The van der Waals surface area contributed by atoms with Crippen molar-refractivity contribution in [1.29, 1.82) is 0 Å². The Kier molecular flexibility index (Phi) is 5.45. The van der Waals surface area contributed by atoms with E-state index in [1.54, 1.807) is 0 Å². The van der Waals surface area contributed by atoms with Crippen molar-refractivity contribution in [2.75, 3.05) is 0 Å². The van der Waals surface area contributed by atoms with Gasteiger partial charge in [0, 0.05) is 8.95 Å². The molecule has 4 N–H and O–H groups in total. The first-order chi connectivity index (χ1) is 13.8. The zero-order valence-electron chi connectivity index (χ0n) is 14.7. The average molecular weight is 554 g/mol. The number of hydrogen-bond donors (Lipinski definition) is 4. The summed E-state index contributed by atoms with van der Waals surface area (Å²) < 4.78 is 1.64. The highest BCUT2D eigenvalue weighted by Gasteiger charge is 2.63. The van der Waals surface area contributed by atoms with E-state index in [0.29, 0.717) is 5.11 Å². The molecule has 2 saturated heterocycles. The van der Waals surface area contributed by atoms with E-state index in [-0.39, 0.29) is 5.11 Å². The molecule has 0 bridgehead atoms. The topological polar surface area (TPSA) is 82.3 Å². The normalized spacial score (nSPS) is 23.1. The number of carbonyl (C=O) groups is 2. The summed E-state index contributed by atoms with van der Waals surface area (Å²) in [6, 6.07) is 13.4. The number of thiocarbonyl (C=S) groups is 2. The monoisotopic (exact) mass is 552 g/mol. The van der Waals surface area contributed by atoms with Gasteiger partial charge in [-0.1, -0.05) is 56.1 Å². The Hall–Kier alpha value is -1.88. The first-order valence-electron chi connectivity index (χ1n) is 8.57. The lowest BCUT2D eigenvalue weighted by Gasteiger charge is -2.50. The summed E-state index contributed by atoms with van der Waals surface area (Å²) in [6.45, 7) is 0. The van der Waals surface area contributed by atoms with Crippen molar-refractivity contribution in [1.82, 2.24) is 21.3 Å². The van der Waals surface area contributed by atoms with Crippen LogP contribution < -0.4 is 21.3 Å². The summed E-state index contributed by atoms with van der Waals surface area (Å²) in [5.74, 6) is -0.993. The van der Waals surface area contributed by atoms with Crippen LogP contribution in [0, 0.1) is 5.41 Å². The van der Waals surface area contributed by atoms with Gasteiger partial charge in [-0.15, -0.1) is 0 Å². The van der Waals surface area contributed by atoms with Crippen molar-refractivity contribution < 1.29 is 9.59 Å². The molecule has 0 aromatic heterocycles. The summed E-state index contributed by atoms with van der Waals surface area (Å²) in [5.41, 5.74) is -0.102. The minimum Gasteiger partial charge on any atom is -0.354 e. The number of rotatable bonds is 2. The van der Waals surface area contributed by atoms with E-state index in [1.807, 2.05) is 48.5 Å². The van der Waals surface area contributed by atoms with Gasteiger partial charge in [0.1, 0.15) is 0 Å². The predicted molar refractivity (Wildman–Crippen MR) is 124 cm³/mol. The molecule has 0 saturated carbocycles. The second kappa shape index (κ2) is 7.75. The van der Waals surface area contributed by atoms with Crippen LogP contribution in [0.2, 0.25) is 0 Å². The van der Waals surface area contributed by atoms with Crippen LogP contribution in [0.15, 0.2) is 57.5 Å². The Morgan fingerprint density at radius 2 is 1.21 bits per heavy atom. The number of nitrogens with one attached hydrogen (secondary N) is 4. The van der Waals surface area contributed by atoms with Crippen LogP contribution in [0.5, 0.6) is 0 Å². The zero-order chi connectivity index (χ0) is 20.8. The summed E-state index contributed by atoms with van der Waals surface area (Å²) in [5, 5.41) is 11.9. The maximum Gasteiger partial charge on any atom is 0.246 e. The first kappa shape index (κ1) is 20.4. The smallest absolute Gasteiger partial charge is 0.246 e. The summed E-state index contributed by atoms with van der Waals surface area (Å²) >= 11 is 17.4. The van der Waals surface area contributed by atoms with Crippen molar-refractivity contribution in [3.05, 3.63) is 68.6 Å². The Bertz CT molecular complexity index is 983. The van der Waals surface area contributed by atoms with Crippen molar-refractivity contribution in [2.24, 2.45) is 5.41 Å². The largest absolute Gasteiger partial charge is 0.354 e. The number of hydrogen-bond acceptors (Lipinski definition) is 4. The standard InChI is InChI=1S/C19H14Br2N4O2S2/c20-11-5-1-3-9(7-11)13-19(15(26)24-18(29)25-16(19)27)14(23-17(28)22-13)10-4-2-6-12(21)8-10/h1-8,13-14H,(H2,22,23,28)(H2,24,25,26,27,29)/t13-,14-/m1/s1. The van der Waals surface area contributed by atoms with Gasteiger partial charge in [0.05, 0.1) is 12.1 Å². The molecule has 2 aliphatic heterocycles. The maximum atomic E-state index is 13.4. The molecule has 29 heavy (non-hydrogen) atoms. The van der Waals surface area contributed by atoms with Crippen LogP contribution in [0.4, 0.5) is 0 Å². The first-order valence-corrected chi connectivity index (χ1v) is 11.0. The van der Waals surface area contributed by atoms with E-state index in [2.05, 4.69) is 53.1 Å². The fourth-order valence-corrected chi connectivity index (χ4v) is 5.09. The van der Waals surface area contributed by atoms with Gasteiger partial charge in [0.25, 0.3) is 0 Å². The van der Waals surface area contributed by atoms with Gasteiger partial charge in [-0.2, -0.15) is 0 Å². The lowest BCUT2D eigenvalue weighted by molar-refractivity contribution is -0.149. The number of benzene rings is 2. The van der Waals surface area contributed by atoms with Gasteiger partial charge >= 0.3 is 0 Å². The van der Waals surface area contributed by atoms with Crippen molar-refractivity contribution in [3.8, 4) is 0 Å². The number of amides is 2. The highest BCUT2D eigenvalue weighted by atomic mass is 79.9. The second-order valence-corrected chi connectivity index (χ2v) is 9.35. The quantitative estimate of drug-likeness (QED) is 0.338. The highest BCUT2D eigenvalue weighted by Crippen LogP contribution is 2.48. The van der Waals surface area contributed by atoms with E-state index < -0.39 is 29.3 Å². The van der Waals surface area contributed by atoms with Gasteiger partial charge in [0.2, 0.25) is 11.8 Å². The van der Waals surface area contributed by atoms with E-state index in [0.717, 1.165) is 20.1 Å². The van der Waals surface area contributed by atoms with Crippen LogP contribution in [0.25, 0.3) is 0 Å². The van der Waals surface area contributed by atoms with Crippen LogP contribution in [0.3, 0.4) is 0 Å². The van der Waals surface area contributed by atoms with E-state index in [9.17, 15) is 9.59 Å². The Morgan fingerprint density at radius 1 is 0.759 bits per heavy atom. The Labute approximate surface area is 194 Å². The highest BCUT2D eigenvalue weighted by molar-refractivity contribution is 9.10. The molecular formula is C19H14Br2N4O2S2. The molecule has 2 atom stereocenters. The fourth-order valence-electron chi connectivity index (χ4n) is 3.83. The molecule has 2 amide bonds. The van der Waals surface area contributed by atoms with Gasteiger partial charge in [-0.25, -0.2) is 0 Å². The average Bonchev–Trinajstić information content (AvgIpc) is 2.66. The molecule has 2 heterocycles. The molecule has 0 radical (unpaired) electrons. The summed E-state index contributed by atoms with van der Waals surface area (Å²) in [7, 11) is 0. The van der Waals surface area contributed by atoms with Crippen LogP contribution >= 0.6 is 56.3 Å². The SMILES string of the molecule is O=C1NC(=S)NC(=O)C12[C@@H](c1cccc(Br)c1)NC(=S)N[C@@H]2c1cccc(Br)c1. The predicted octanol–water partition coefficient (Wildman–Crippen LogP) is 2.99. The van der Waals surface area contributed by atoms with Crippen LogP contribution in [0.1, 0.15) is 23.2 Å². The molecule has 0 unspecified atom stereocenters. The minimum atomic E-state index is -1.58.